The van der Waals surface area contributed by atoms with Crippen molar-refractivity contribution in [1.82, 2.24) is 9.62 Å². The number of halogens is 1. The monoisotopic (exact) mass is 422 g/mol. The van der Waals surface area contributed by atoms with Gasteiger partial charge in [-0.1, -0.05) is 23.7 Å². The number of carbonyl (C=O) groups is 1. The first-order valence-electron chi connectivity index (χ1n) is 9.20. The highest BCUT2D eigenvalue weighted by atomic mass is 35.5. The molecule has 0 bridgehead atoms. The van der Waals surface area contributed by atoms with Crippen LogP contribution in [-0.2, 0) is 10.0 Å². The zero-order valence-electron chi connectivity index (χ0n) is 15.6. The lowest BCUT2D eigenvalue weighted by molar-refractivity contribution is 0.0924. The molecule has 0 saturated carbocycles. The zero-order valence-corrected chi connectivity index (χ0v) is 17.2. The Morgan fingerprint density at radius 1 is 1.14 bits per heavy atom. The van der Waals surface area contributed by atoms with Crippen LogP contribution < -0.4 is 10.1 Å². The maximum atomic E-state index is 12.8. The number of benzene rings is 2. The fraction of sp³-hybridized carbons (Fsp3) is 0.350. The number of ether oxygens (including phenoxy) is 1. The summed E-state index contributed by atoms with van der Waals surface area (Å²) in [6.45, 7) is 3.10. The van der Waals surface area contributed by atoms with Gasteiger partial charge in [0, 0.05) is 19.1 Å². The van der Waals surface area contributed by atoms with Gasteiger partial charge in [0.1, 0.15) is 5.75 Å². The van der Waals surface area contributed by atoms with Gasteiger partial charge >= 0.3 is 0 Å². The maximum absolute atomic E-state index is 12.8. The molecule has 2 aromatic carbocycles. The molecule has 28 heavy (non-hydrogen) atoms. The van der Waals surface area contributed by atoms with Crippen LogP contribution in [0.2, 0.25) is 5.02 Å². The van der Waals surface area contributed by atoms with Crippen molar-refractivity contribution in [3.05, 3.63) is 59.1 Å². The van der Waals surface area contributed by atoms with E-state index in [1.807, 2.05) is 6.92 Å². The second-order valence-corrected chi connectivity index (χ2v) is 8.88. The molecule has 6 nitrogen and oxygen atoms in total. The Morgan fingerprint density at radius 3 is 2.39 bits per heavy atom. The van der Waals surface area contributed by atoms with E-state index in [1.165, 1.54) is 4.31 Å². The van der Waals surface area contributed by atoms with E-state index in [2.05, 4.69) is 5.32 Å². The molecule has 1 aliphatic heterocycles. The van der Waals surface area contributed by atoms with Crippen LogP contribution in [0.5, 0.6) is 5.75 Å². The van der Waals surface area contributed by atoms with Gasteiger partial charge in [0.25, 0.3) is 5.91 Å². The normalized spacial score (nSPS) is 15.9. The van der Waals surface area contributed by atoms with Crippen molar-refractivity contribution in [2.45, 2.75) is 30.7 Å². The summed E-state index contributed by atoms with van der Waals surface area (Å²) >= 11 is 6.06. The van der Waals surface area contributed by atoms with E-state index in [4.69, 9.17) is 16.3 Å². The molecule has 1 heterocycles. The Bertz CT molecular complexity index is 923. The second-order valence-electron chi connectivity index (χ2n) is 6.54. The van der Waals surface area contributed by atoms with Crippen LogP contribution in [0.15, 0.2) is 53.4 Å². The second kappa shape index (κ2) is 8.94. The minimum atomic E-state index is -3.56. The molecule has 1 amide bonds. The van der Waals surface area contributed by atoms with Crippen molar-refractivity contribution in [3.63, 3.8) is 0 Å². The zero-order chi connectivity index (χ0) is 20.1. The number of carbonyl (C=O) groups excluding carboxylic acids is 1. The Labute approximate surface area is 170 Å². The number of piperidine rings is 1. The fourth-order valence-corrected chi connectivity index (χ4v) is 4.86. The van der Waals surface area contributed by atoms with Crippen LogP contribution in [0.4, 0.5) is 0 Å². The van der Waals surface area contributed by atoms with E-state index >= 15 is 0 Å². The van der Waals surface area contributed by atoms with Crippen molar-refractivity contribution in [2.75, 3.05) is 19.7 Å². The van der Waals surface area contributed by atoms with Crippen molar-refractivity contribution in [3.8, 4) is 5.75 Å². The smallest absolute Gasteiger partial charge is 0.253 e. The molecule has 0 radical (unpaired) electrons. The predicted molar refractivity (Wildman–Crippen MR) is 108 cm³/mol. The third-order valence-corrected chi connectivity index (χ3v) is 6.92. The Balaban J connectivity index is 1.60. The van der Waals surface area contributed by atoms with Crippen LogP contribution in [0.1, 0.15) is 30.1 Å². The molecular weight excluding hydrogens is 400 g/mol. The van der Waals surface area contributed by atoms with Crippen molar-refractivity contribution in [1.29, 1.82) is 0 Å². The van der Waals surface area contributed by atoms with Gasteiger partial charge in [-0.3, -0.25) is 4.79 Å². The number of nitrogens with one attached hydrogen (secondary N) is 1. The molecule has 0 aromatic heterocycles. The lowest BCUT2D eigenvalue weighted by Gasteiger charge is -2.31. The third kappa shape index (κ3) is 4.66. The average molecular weight is 423 g/mol. The van der Waals surface area contributed by atoms with Crippen molar-refractivity contribution in [2.24, 2.45) is 0 Å². The van der Waals surface area contributed by atoms with Crippen LogP contribution in [0, 0.1) is 0 Å². The molecule has 2 aromatic rings. The first-order chi connectivity index (χ1) is 13.4. The summed E-state index contributed by atoms with van der Waals surface area (Å²) in [5, 5.41) is 3.35. The lowest BCUT2D eigenvalue weighted by Crippen LogP contribution is -2.46. The van der Waals surface area contributed by atoms with Crippen molar-refractivity contribution < 1.29 is 17.9 Å². The van der Waals surface area contributed by atoms with E-state index in [0.29, 0.717) is 48.9 Å². The standard InChI is InChI=1S/C20H23ClN2O4S/c1-2-27-16-7-9-17(10-8-16)28(25,26)23-13-11-15(12-14-23)22-20(24)18-5-3-4-6-19(18)21/h3-10,15H,2,11-14H2,1H3,(H,22,24). The van der Waals surface area contributed by atoms with Gasteiger partial charge < -0.3 is 10.1 Å². The van der Waals surface area contributed by atoms with Gasteiger partial charge in [-0.05, 0) is 56.2 Å². The van der Waals surface area contributed by atoms with Gasteiger partial charge in [-0.15, -0.1) is 0 Å². The average Bonchev–Trinajstić information content (AvgIpc) is 2.69. The third-order valence-electron chi connectivity index (χ3n) is 4.68. The molecule has 0 aliphatic carbocycles. The van der Waals surface area contributed by atoms with Gasteiger partial charge in [0.2, 0.25) is 10.0 Å². The van der Waals surface area contributed by atoms with Gasteiger partial charge in [-0.2, -0.15) is 4.31 Å². The molecule has 8 heteroatoms. The van der Waals surface area contributed by atoms with Gasteiger partial charge in [-0.25, -0.2) is 8.42 Å². The molecule has 1 saturated heterocycles. The molecule has 1 aliphatic rings. The Kier molecular flexibility index (Phi) is 6.59. The highest BCUT2D eigenvalue weighted by Crippen LogP contribution is 2.23. The van der Waals surface area contributed by atoms with E-state index in [1.54, 1.807) is 48.5 Å². The SMILES string of the molecule is CCOc1ccc(S(=O)(=O)N2CCC(NC(=O)c3ccccc3Cl)CC2)cc1. The van der Waals surface area contributed by atoms with E-state index in [-0.39, 0.29) is 16.8 Å². The van der Waals surface area contributed by atoms with Crippen molar-refractivity contribution >= 4 is 27.5 Å². The quantitative estimate of drug-likeness (QED) is 0.774. The van der Waals surface area contributed by atoms with E-state index in [9.17, 15) is 13.2 Å². The summed E-state index contributed by atoms with van der Waals surface area (Å²) < 4.78 is 32.5. The molecule has 3 rings (SSSR count). The van der Waals surface area contributed by atoms with Crippen LogP contribution in [-0.4, -0.2) is 44.4 Å². The van der Waals surface area contributed by atoms with Crippen LogP contribution in [0.25, 0.3) is 0 Å². The van der Waals surface area contributed by atoms with Gasteiger partial charge in [0.05, 0.1) is 22.1 Å². The summed E-state index contributed by atoms with van der Waals surface area (Å²) in [7, 11) is -3.56. The number of sulfonamides is 1. The fourth-order valence-electron chi connectivity index (χ4n) is 3.17. The number of amides is 1. The maximum Gasteiger partial charge on any atom is 0.253 e. The summed E-state index contributed by atoms with van der Waals surface area (Å²) in [5.41, 5.74) is 0.425. The first-order valence-corrected chi connectivity index (χ1v) is 11.0. The Morgan fingerprint density at radius 2 is 1.79 bits per heavy atom. The molecular formula is C20H23ClN2O4S. The summed E-state index contributed by atoms with van der Waals surface area (Å²) in [6, 6.07) is 13.2. The summed E-state index contributed by atoms with van der Waals surface area (Å²) in [5.74, 6) is 0.404. The topological polar surface area (TPSA) is 75.7 Å². The number of hydrogen-bond donors (Lipinski definition) is 1. The van der Waals surface area contributed by atoms with E-state index < -0.39 is 10.0 Å². The minimum Gasteiger partial charge on any atom is -0.494 e. The summed E-state index contributed by atoms with van der Waals surface area (Å²) in [6.07, 6.45) is 1.10. The molecule has 0 atom stereocenters. The predicted octanol–water partition coefficient (Wildman–Crippen LogP) is 3.32. The minimum absolute atomic E-state index is 0.0875. The molecule has 0 unspecified atom stereocenters. The molecule has 150 valence electrons. The summed E-state index contributed by atoms with van der Waals surface area (Å²) in [4.78, 5) is 12.6. The Hall–Kier alpha value is -2.09. The number of hydrogen-bond acceptors (Lipinski definition) is 4. The molecule has 1 N–H and O–H groups in total. The number of nitrogens with zero attached hydrogens (tertiary/aromatic N) is 1. The van der Waals surface area contributed by atoms with Crippen LogP contribution in [0.3, 0.4) is 0 Å². The lowest BCUT2D eigenvalue weighted by atomic mass is 10.1. The highest BCUT2D eigenvalue weighted by Gasteiger charge is 2.30. The molecule has 0 spiro atoms. The number of rotatable bonds is 6. The highest BCUT2D eigenvalue weighted by molar-refractivity contribution is 7.89. The van der Waals surface area contributed by atoms with Gasteiger partial charge in [0.15, 0.2) is 0 Å². The largest absolute Gasteiger partial charge is 0.494 e. The van der Waals surface area contributed by atoms with Crippen LogP contribution >= 0.6 is 11.6 Å². The molecule has 1 fully saturated rings. The first kappa shape index (κ1) is 20.6. The van der Waals surface area contributed by atoms with E-state index in [0.717, 1.165) is 0 Å².